The normalized spacial score (nSPS) is 12.9. The minimum Gasteiger partial charge on any atom is -0.506 e. The first-order valence-corrected chi connectivity index (χ1v) is 9.77. The van der Waals surface area contributed by atoms with Crippen LogP contribution in [0.15, 0.2) is 51.4 Å². The average Bonchev–Trinajstić information content (AvgIpc) is 2.63. The number of ether oxygens (including phenoxy) is 1. The van der Waals surface area contributed by atoms with E-state index in [0.717, 1.165) is 0 Å². The zero-order valence-electron chi connectivity index (χ0n) is 14.5. The van der Waals surface area contributed by atoms with Crippen LogP contribution >= 0.6 is 31.9 Å². The maximum atomic E-state index is 12.3. The molecule has 0 aliphatic rings. The first-order chi connectivity index (χ1) is 12.8. The lowest BCUT2D eigenvalue weighted by atomic mass is 9.94. The van der Waals surface area contributed by atoms with Crippen molar-refractivity contribution in [2.45, 2.75) is 19.4 Å². The number of halogens is 2. The van der Waals surface area contributed by atoms with Gasteiger partial charge in [-0.2, -0.15) is 0 Å². The van der Waals surface area contributed by atoms with Crippen LogP contribution < -0.4 is 5.32 Å². The number of amides is 2. The number of benzene rings is 2. The van der Waals surface area contributed by atoms with Crippen molar-refractivity contribution in [2.24, 2.45) is 5.92 Å². The molecule has 144 valence electrons. The fraction of sp³-hybridized carbons (Fsp3) is 0.263. The van der Waals surface area contributed by atoms with Crippen LogP contribution in [-0.2, 0) is 4.74 Å². The lowest BCUT2D eigenvalue weighted by Gasteiger charge is -2.25. The molecule has 3 N–H and O–H groups in total. The van der Waals surface area contributed by atoms with Gasteiger partial charge in [0.2, 0.25) is 0 Å². The Morgan fingerprint density at radius 1 is 1.19 bits per heavy atom. The van der Waals surface area contributed by atoms with Crippen molar-refractivity contribution < 1.29 is 24.5 Å². The van der Waals surface area contributed by atoms with Crippen LogP contribution in [0.2, 0.25) is 0 Å². The highest BCUT2D eigenvalue weighted by molar-refractivity contribution is 9.11. The second kappa shape index (κ2) is 9.87. The number of carbonyl (C=O) groups is 2. The van der Waals surface area contributed by atoms with Crippen LogP contribution in [-0.4, -0.2) is 28.8 Å². The lowest BCUT2D eigenvalue weighted by Crippen LogP contribution is -2.33. The summed E-state index contributed by atoms with van der Waals surface area (Å²) in [5.74, 6) is -0.969. The number of aliphatic hydroxyl groups excluding tert-OH is 1. The van der Waals surface area contributed by atoms with E-state index in [9.17, 15) is 19.8 Å². The number of aromatic hydroxyl groups is 1. The summed E-state index contributed by atoms with van der Waals surface area (Å²) in [6.07, 6.45) is -1.46. The number of phenolic OH excluding ortho intramolecular Hbond substituents is 1. The monoisotopic (exact) mass is 499 g/mol. The quantitative estimate of drug-likeness (QED) is 0.541. The van der Waals surface area contributed by atoms with Crippen LogP contribution in [0.5, 0.6) is 5.75 Å². The van der Waals surface area contributed by atoms with Crippen molar-refractivity contribution in [1.29, 1.82) is 0 Å². The number of nitrogens with one attached hydrogen (secondary N) is 1. The topological polar surface area (TPSA) is 95.9 Å². The number of hydrogen-bond donors (Lipinski definition) is 3. The Morgan fingerprint density at radius 3 is 2.48 bits per heavy atom. The van der Waals surface area contributed by atoms with Crippen LogP contribution in [0, 0.1) is 5.92 Å². The number of hydrogen-bond acceptors (Lipinski definition) is 5. The van der Waals surface area contributed by atoms with E-state index in [4.69, 9.17) is 4.74 Å². The van der Waals surface area contributed by atoms with Gasteiger partial charge in [0, 0.05) is 22.2 Å². The molecule has 2 amide bonds. The highest BCUT2D eigenvalue weighted by atomic mass is 79.9. The number of carbonyl (C=O) groups excluding carboxylic acids is 2. The molecule has 2 rings (SSSR count). The first-order valence-electron chi connectivity index (χ1n) is 8.19. The standard InChI is InChI=1S/C19H19Br2NO5/c1-11(7-8-23)17(14-9-13(20)10-15(21)16(14)24)27-19(26)22-18(25)12-5-3-2-4-6-12/h2-6,9-11,17,23-24H,7-8H2,1H3,(H,22,25,26)/t11-,17+/m1/s1. The summed E-state index contributed by atoms with van der Waals surface area (Å²) in [5, 5.41) is 21.8. The number of rotatable bonds is 6. The highest BCUT2D eigenvalue weighted by Crippen LogP contribution is 2.40. The van der Waals surface area contributed by atoms with Gasteiger partial charge in [0.25, 0.3) is 5.91 Å². The molecule has 0 bridgehead atoms. The molecule has 0 saturated carbocycles. The van der Waals surface area contributed by atoms with E-state index in [1.54, 1.807) is 49.4 Å². The van der Waals surface area contributed by atoms with Gasteiger partial charge in [-0.1, -0.05) is 41.1 Å². The van der Waals surface area contributed by atoms with Crippen LogP contribution in [0.1, 0.15) is 35.4 Å². The van der Waals surface area contributed by atoms with Gasteiger partial charge >= 0.3 is 6.09 Å². The molecule has 0 aliphatic heterocycles. The molecule has 0 saturated heterocycles. The Bertz CT molecular complexity index is 813. The highest BCUT2D eigenvalue weighted by Gasteiger charge is 2.28. The molecule has 8 heteroatoms. The summed E-state index contributed by atoms with van der Waals surface area (Å²) in [7, 11) is 0. The van der Waals surface area contributed by atoms with Gasteiger partial charge in [0.15, 0.2) is 0 Å². The second-order valence-corrected chi connectivity index (χ2v) is 7.73. The Kier molecular flexibility index (Phi) is 7.82. The predicted molar refractivity (Wildman–Crippen MR) is 108 cm³/mol. The van der Waals surface area contributed by atoms with E-state index in [2.05, 4.69) is 37.2 Å². The zero-order chi connectivity index (χ0) is 20.0. The van der Waals surface area contributed by atoms with E-state index < -0.39 is 18.1 Å². The van der Waals surface area contributed by atoms with Gasteiger partial charge in [0.1, 0.15) is 11.9 Å². The zero-order valence-corrected chi connectivity index (χ0v) is 17.7. The number of aliphatic hydroxyl groups is 1. The van der Waals surface area contributed by atoms with E-state index in [-0.39, 0.29) is 18.3 Å². The van der Waals surface area contributed by atoms with Crippen molar-refractivity contribution in [3.05, 3.63) is 62.5 Å². The maximum absolute atomic E-state index is 12.3. The number of phenols is 1. The Morgan fingerprint density at radius 2 is 1.85 bits per heavy atom. The Hall–Kier alpha value is -1.90. The Labute approximate surface area is 173 Å². The average molecular weight is 501 g/mol. The van der Waals surface area contributed by atoms with Gasteiger partial charge < -0.3 is 14.9 Å². The third-order valence-electron chi connectivity index (χ3n) is 3.95. The molecule has 0 heterocycles. The Balaban J connectivity index is 2.22. The second-order valence-electron chi connectivity index (χ2n) is 5.96. The van der Waals surface area contributed by atoms with Crippen molar-refractivity contribution in [2.75, 3.05) is 6.61 Å². The fourth-order valence-corrected chi connectivity index (χ4v) is 3.80. The van der Waals surface area contributed by atoms with E-state index in [0.29, 0.717) is 26.5 Å². The number of alkyl carbamates (subject to hydrolysis) is 1. The van der Waals surface area contributed by atoms with Crippen molar-refractivity contribution >= 4 is 43.9 Å². The molecule has 6 nitrogen and oxygen atoms in total. The summed E-state index contributed by atoms with van der Waals surface area (Å²) in [6.45, 7) is 1.67. The first kappa shape index (κ1) is 21.4. The van der Waals surface area contributed by atoms with Crippen molar-refractivity contribution in [3.63, 3.8) is 0 Å². The molecular formula is C19H19Br2NO5. The predicted octanol–water partition coefficient (Wildman–Crippen LogP) is 4.54. The maximum Gasteiger partial charge on any atom is 0.414 e. The molecule has 0 aliphatic carbocycles. The minimum atomic E-state index is -0.936. The molecule has 27 heavy (non-hydrogen) atoms. The van der Waals surface area contributed by atoms with Crippen molar-refractivity contribution in [3.8, 4) is 5.75 Å². The summed E-state index contributed by atoms with van der Waals surface area (Å²) in [6, 6.07) is 11.6. The molecule has 2 aromatic carbocycles. The summed E-state index contributed by atoms with van der Waals surface area (Å²) >= 11 is 6.59. The summed E-state index contributed by atoms with van der Waals surface area (Å²) in [5.41, 5.74) is 0.682. The molecule has 0 unspecified atom stereocenters. The third-order valence-corrected chi connectivity index (χ3v) is 5.01. The fourth-order valence-electron chi connectivity index (χ4n) is 2.54. The van der Waals surface area contributed by atoms with Crippen molar-refractivity contribution in [1.82, 2.24) is 5.32 Å². The van der Waals surface area contributed by atoms with Gasteiger partial charge in [-0.05, 0) is 52.5 Å². The summed E-state index contributed by atoms with van der Waals surface area (Å²) < 4.78 is 6.55. The molecule has 0 aromatic heterocycles. The molecular weight excluding hydrogens is 482 g/mol. The van der Waals surface area contributed by atoms with Crippen LogP contribution in [0.4, 0.5) is 4.79 Å². The van der Waals surface area contributed by atoms with E-state index in [1.165, 1.54) is 0 Å². The minimum absolute atomic E-state index is 0.0739. The van der Waals surface area contributed by atoms with Gasteiger partial charge in [-0.3, -0.25) is 10.1 Å². The van der Waals surface area contributed by atoms with Crippen LogP contribution in [0.3, 0.4) is 0 Å². The smallest absolute Gasteiger partial charge is 0.414 e. The van der Waals surface area contributed by atoms with Crippen LogP contribution in [0.25, 0.3) is 0 Å². The third kappa shape index (κ3) is 5.79. The van der Waals surface area contributed by atoms with Gasteiger partial charge in [-0.25, -0.2) is 4.79 Å². The molecule has 0 spiro atoms. The molecule has 2 aromatic rings. The SMILES string of the molecule is C[C@H](CCO)[C@H](OC(=O)NC(=O)c1ccccc1)c1cc(Br)cc(Br)c1O. The molecule has 2 atom stereocenters. The van der Waals surface area contributed by atoms with E-state index >= 15 is 0 Å². The van der Waals surface area contributed by atoms with Gasteiger partial charge in [0.05, 0.1) is 4.47 Å². The largest absolute Gasteiger partial charge is 0.506 e. The lowest BCUT2D eigenvalue weighted by molar-refractivity contribution is 0.0532. The summed E-state index contributed by atoms with van der Waals surface area (Å²) in [4.78, 5) is 24.4. The molecule has 0 radical (unpaired) electrons. The van der Waals surface area contributed by atoms with E-state index in [1.807, 2.05) is 0 Å². The molecule has 0 fully saturated rings. The van der Waals surface area contributed by atoms with Gasteiger partial charge in [-0.15, -0.1) is 0 Å². The number of imide groups is 1.